The van der Waals surface area contributed by atoms with Crippen LogP contribution < -0.4 is 15.5 Å². The van der Waals surface area contributed by atoms with Crippen LogP contribution in [0, 0.1) is 5.92 Å². The summed E-state index contributed by atoms with van der Waals surface area (Å²) in [7, 11) is 0. The molecule has 5 heteroatoms. The summed E-state index contributed by atoms with van der Waals surface area (Å²) in [6.07, 6.45) is 2.99. The Hall–Kier alpha value is -1.88. The van der Waals surface area contributed by atoms with Gasteiger partial charge in [0.1, 0.15) is 5.78 Å². The summed E-state index contributed by atoms with van der Waals surface area (Å²) in [5, 5.41) is 6.19. The number of rotatable bonds is 4. The van der Waals surface area contributed by atoms with Gasteiger partial charge in [-0.1, -0.05) is 12.1 Å². The van der Waals surface area contributed by atoms with Crippen LogP contribution in [-0.2, 0) is 9.59 Å². The Labute approximate surface area is 131 Å². The van der Waals surface area contributed by atoms with E-state index in [1.165, 1.54) is 12.8 Å². The molecule has 2 heterocycles. The molecule has 118 valence electrons. The predicted molar refractivity (Wildman–Crippen MR) is 87.1 cm³/mol. The average molecular weight is 301 g/mol. The van der Waals surface area contributed by atoms with E-state index < -0.39 is 0 Å². The van der Waals surface area contributed by atoms with Crippen molar-refractivity contribution in [3.05, 3.63) is 24.3 Å². The first-order valence-corrected chi connectivity index (χ1v) is 8.04. The fourth-order valence-corrected chi connectivity index (χ4v) is 3.28. The lowest BCUT2D eigenvalue weighted by Crippen LogP contribution is -2.36. The Morgan fingerprint density at radius 1 is 1.23 bits per heavy atom. The van der Waals surface area contributed by atoms with Crippen LogP contribution in [0.2, 0.25) is 0 Å². The second-order valence-electron chi connectivity index (χ2n) is 6.20. The van der Waals surface area contributed by atoms with Crippen molar-refractivity contribution in [3.8, 4) is 0 Å². The first kappa shape index (κ1) is 15.0. The molecule has 2 aliphatic rings. The highest BCUT2D eigenvalue weighted by Gasteiger charge is 2.32. The highest BCUT2D eigenvalue weighted by molar-refractivity contribution is 5.98. The quantitative estimate of drug-likeness (QED) is 0.890. The van der Waals surface area contributed by atoms with Crippen molar-refractivity contribution in [2.75, 3.05) is 29.9 Å². The van der Waals surface area contributed by atoms with E-state index in [9.17, 15) is 9.59 Å². The number of hydrogen-bond donors (Lipinski definition) is 2. The highest BCUT2D eigenvalue weighted by atomic mass is 16.2. The van der Waals surface area contributed by atoms with E-state index in [0.717, 1.165) is 24.5 Å². The van der Waals surface area contributed by atoms with Crippen LogP contribution in [0.5, 0.6) is 0 Å². The third-order valence-corrected chi connectivity index (χ3v) is 4.63. The van der Waals surface area contributed by atoms with Crippen LogP contribution in [-0.4, -0.2) is 37.4 Å². The molecule has 2 atom stereocenters. The van der Waals surface area contributed by atoms with Crippen LogP contribution in [0.3, 0.4) is 0 Å². The van der Waals surface area contributed by atoms with Crippen LogP contribution in [0.4, 0.5) is 11.4 Å². The maximum absolute atomic E-state index is 12.4. The Morgan fingerprint density at radius 3 is 2.64 bits per heavy atom. The fourth-order valence-electron chi connectivity index (χ4n) is 3.28. The number of anilines is 2. The predicted octanol–water partition coefficient (Wildman–Crippen LogP) is 1.79. The van der Waals surface area contributed by atoms with E-state index in [1.807, 2.05) is 18.2 Å². The first-order valence-electron chi connectivity index (χ1n) is 8.04. The molecular formula is C17H23N3O2. The lowest BCUT2D eigenvalue weighted by Gasteiger charge is -2.22. The fraction of sp³-hybridized carbons (Fsp3) is 0.529. The molecule has 2 N–H and O–H groups in total. The summed E-state index contributed by atoms with van der Waals surface area (Å²) in [4.78, 5) is 26.2. The van der Waals surface area contributed by atoms with Gasteiger partial charge in [-0.25, -0.2) is 0 Å². The molecule has 2 saturated heterocycles. The topological polar surface area (TPSA) is 61.4 Å². The summed E-state index contributed by atoms with van der Waals surface area (Å²) in [6, 6.07) is 7.67. The molecule has 3 rings (SSSR count). The molecule has 2 aliphatic heterocycles. The lowest BCUT2D eigenvalue weighted by atomic mass is 10.0. The number of ketones is 1. The molecule has 2 unspecified atom stereocenters. The Kier molecular flexibility index (Phi) is 4.43. The van der Waals surface area contributed by atoms with Crippen LogP contribution >= 0.6 is 0 Å². The third kappa shape index (κ3) is 3.14. The van der Waals surface area contributed by atoms with Crippen molar-refractivity contribution in [3.63, 3.8) is 0 Å². The zero-order chi connectivity index (χ0) is 15.5. The molecule has 1 aromatic rings. The molecule has 0 radical (unpaired) electrons. The van der Waals surface area contributed by atoms with Gasteiger partial charge >= 0.3 is 0 Å². The SMILES string of the molecule is CC(=O)C1CNC(C(=O)Nc2ccccc2N2CCCC2)C1. The number of carbonyl (C=O) groups excluding carboxylic acids is 2. The number of hydrogen-bond acceptors (Lipinski definition) is 4. The number of amides is 1. The largest absolute Gasteiger partial charge is 0.370 e. The van der Waals surface area contributed by atoms with Gasteiger partial charge in [0, 0.05) is 25.6 Å². The van der Waals surface area contributed by atoms with Crippen LogP contribution in [0.15, 0.2) is 24.3 Å². The molecule has 22 heavy (non-hydrogen) atoms. The molecule has 0 aliphatic carbocycles. The van der Waals surface area contributed by atoms with Crippen molar-refractivity contribution >= 4 is 23.1 Å². The summed E-state index contributed by atoms with van der Waals surface area (Å²) in [5.41, 5.74) is 1.96. The van der Waals surface area contributed by atoms with Crippen LogP contribution in [0.1, 0.15) is 26.2 Å². The molecular weight excluding hydrogens is 278 g/mol. The molecule has 0 spiro atoms. The number of Topliss-reactive ketones (excluding diaryl/α,β-unsaturated/α-hetero) is 1. The maximum atomic E-state index is 12.4. The van der Waals surface area contributed by atoms with E-state index in [4.69, 9.17) is 0 Å². The van der Waals surface area contributed by atoms with E-state index in [2.05, 4.69) is 21.6 Å². The number of carbonyl (C=O) groups is 2. The van der Waals surface area contributed by atoms with Gasteiger partial charge in [0.15, 0.2) is 0 Å². The summed E-state index contributed by atoms with van der Waals surface area (Å²) in [5.74, 6) is 0.0697. The van der Waals surface area contributed by atoms with Gasteiger partial charge < -0.3 is 15.5 Å². The minimum absolute atomic E-state index is 0.0374. The van der Waals surface area contributed by atoms with Crippen molar-refractivity contribution in [2.24, 2.45) is 5.92 Å². The Balaban J connectivity index is 1.68. The van der Waals surface area contributed by atoms with Gasteiger partial charge in [0.25, 0.3) is 0 Å². The van der Waals surface area contributed by atoms with E-state index in [0.29, 0.717) is 13.0 Å². The summed E-state index contributed by atoms with van der Waals surface area (Å²) >= 11 is 0. The molecule has 0 saturated carbocycles. The third-order valence-electron chi connectivity index (χ3n) is 4.63. The van der Waals surface area contributed by atoms with Crippen molar-refractivity contribution in [1.29, 1.82) is 0 Å². The first-order chi connectivity index (χ1) is 10.6. The number of para-hydroxylation sites is 2. The van der Waals surface area contributed by atoms with E-state index in [1.54, 1.807) is 6.92 Å². The van der Waals surface area contributed by atoms with Crippen molar-refractivity contribution in [1.82, 2.24) is 5.32 Å². The van der Waals surface area contributed by atoms with Gasteiger partial charge in [-0.3, -0.25) is 9.59 Å². The van der Waals surface area contributed by atoms with Crippen molar-refractivity contribution in [2.45, 2.75) is 32.2 Å². The smallest absolute Gasteiger partial charge is 0.241 e. The number of benzene rings is 1. The van der Waals surface area contributed by atoms with E-state index >= 15 is 0 Å². The Bertz CT molecular complexity index is 567. The molecule has 1 amide bonds. The number of nitrogens with one attached hydrogen (secondary N) is 2. The second-order valence-corrected chi connectivity index (χ2v) is 6.20. The van der Waals surface area contributed by atoms with Gasteiger partial charge in [-0.2, -0.15) is 0 Å². The lowest BCUT2D eigenvalue weighted by molar-refractivity contribution is -0.120. The van der Waals surface area contributed by atoms with Gasteiger partial charge in [-0.05, 0) is 38.3 Å². The van der Waals surface area contributed by atoms with Crippen molar-refractivity contribution < 1.29 is 9.59 Å². The minimum atomic E-state index is -0.277. The average Bonchev–Trinajstić information content (AvgIpc) is 3.19. The molecule has 2 fully saturated rings. The highest BCUT2D eigenvalue weighted by Crippen LogP contribution is 2.29. The monoisotopic (exact) mass is 301 g/mol. The molecule has 5 nitrogen and oxygen atoms in total. The Morgan fingerprint density at radius 2 is 1.95 bits per heavy atom. The molecule has 0 aromatic heterocycles. The molecule has 0 bridgehead atoms. The second kappa shape index (κ2) is 6.48. The van der Waals surface area contributed by atoms with Gasteiger partial charge in [-0.15, -0.1) is 0 Å². The minimum Gasteiger partial charge on any atom is -0.370 e. The standard InChI is InChI=1S/C17H23N3O2/c1-12(21)13-10-15(18-11-13)17(22)19-14-6-2-3-7-16(14)20-8-4-5-9-20/h2-3,6-7,13,15,18H,4-5,8-11H2,1H3,(H,19,22). The van der Waals surface area contributed by atoms with Gasteiger partial charge in [0.2, 0.25) is 5.91 Å². The normalized spacial score (nSPS) is 24.5. The van der Waals surface area contributed by atoms with E-state index in [-0.39, 0.29) is 23.7 Å². The summed E-state index contributed by atoms with van der Waals surface area (Å²) in [6.45, 7) is 4.28. The maximum Gasteiger partial charge on any atom is 0.241 e. The van der Waals surface area contributed by atoms with Gasteiger partial charge in [0.05, 0.1) is 17.4 Å². The zero-order valence-electron chi connectivity index (χ0n) is 13.0. The van der Waals surface area contributed by atoms with Crippen LogP contribution in [0.25, 0.3) is 0 Å². The summed E-state index contributed by atoms with van der Waals surface area (Å²) < 4.78 is 0. The molecule has 1 aromatic carbocycles. The zero-order valence-corrected chi connectivity index (χ0v) is 13.0. The number of nitrogens with zero attached hydrogens (tertiary/aromatic N) is 1.